The average Bonchev–Trinajstić information content (AvgIpc) is 2.50. The number of hydrogen-bond donors (Lipinski definition) is 2. The lowest BCUT2D eigenvalue weighted by molar-refractivity contribution is -0.114. The summed E-state index contributed by atoms with van der Waals surface area (Å²) in [6.07, 6.45) is 0. The highest BCUT2D eigenvalue weighted by Crippen LogP contribution is 2.15. The third-order valence-corrected chi connectivity index (χ3v) is 2.02. The molecule has 0 unspecified atom stereocenters. The van der Waals surface area contributed by atoms with Crippen LogP contribution in [0.3, 0.4) is 0 Å². The normalized spacial score (nSPS) is 9.69. The van der Waals surface area contributed by atoms with E-state index in [1.807, 2.05) is 0 Å². The molecule has 0 saturated carbocycles. The fraction of sp³-hybridized carbons (Fsp3) is 0.286. The van der Waals surface area contributed by atoms with Gasteiger partial charge in [0.05, 0.1) is 6.54 Å². The van der Waals surface area contributed by atoms with E-state index in [0.717, 1.165) is 0 Å². The zero-order chi connectivity index (χ0) is 9.84. The Bertz CT molecular complexity index is 334. The molecule has 1 aromatic heterocycles. The lowest BCUT2D eigenvalue weighted by atomic mass is 10.3. The van der Waals surface area contributed by atoms with Crippen molar-refractivity contribution < 1.29 is 9.59 Å². The van der Waals surface area contributed by atoms with E-state index in [1.54, 1.807) is 5.38 Å². The summed E-state index contributed by atoms with van der Waals surface area (Å²) in [6, 6.07) is 0. The van der Waals surface area contributed by atoms with Crippen molar-refractivity contribution in [2.75, 3.05) is 11.9 Å². The molecule has 0 fully saturated rings. The first-order valence-electron chi connectivity index (χ1n) is 3.60. The van der Waals surface area contributed by atoms with Gasteiger partial charge in [-0.05, 0) is 0 Å². The van der Waals surface area contributed by atoms with Crippen LogP contribution in [0.1, 0.15) is 17.4 Å². The van der Waals surface area contributed by atoms with Crippen molar-refractivity contribution in [3.8, 4) is 0 Å². The monoisotopic (exact) mass is 199 g/mol. The maximum Gasteiger partial charge on any atom is 0.223 e. The molecule has 0 radical (unpaired) electrons. The molecule has 0 spiro atoms. The number of rotatable bonds is 3. The lowest BCUT2D eigenvalue weighted by Crippen LogP contribution is -2.14. The van der Waals surface area contributed by atoms with Crippen molar-refractivity contribution in [3.05, 3.63) is 11.1 Å². The van der Waals surface area contributed by atoms with Crippen LogP contribution in [0, 0.1) is 0 Å². The fourth-order valence-electron chi connectivity index (χ4n) is 0.714. The van der Waals surface area contributed by atoms with Crippen LogP contribution in [-0.4, -0.2) is 23.2 Å². The first-order valence-corrected chi connectivity index (χ1v) is 4.48. The molecule has 0 aliphatic heterocycles. The minimum atomic E-state index is -0.229. The number of anilines is 1. The number of Topliss-reactive ketones (excluding diaryl/α,β-unsaturated/α-hetero) is 1. The Labute approximate surface area is 79.0 Å². The number of carbonyl (C=O) groups is 2. The van der Waals surface area contributed by atoms with Gasteiger partial charge in [0.2, 0.25) is 5.91 Å². The number of amides is 1. The Morgan fingerprint density at radius 3 is 2.92 bits per heavy atom. The molecule has 1 rings (SSSR count). The van der Waals surface area contributed by atoms with E-state index in [0.29, 0.717) is 10.8 Å². The summed E-state index contributed by atoms with van der Waals surface area (Å²) in [5.74, 6) is -0.436. The predicted octanol–water partition coefficient (Wildman–Crippen LogP) is 0.243. The molecular weight excluding hydrogens is 190 g/mol. The second-order valence-electron chi connectivity index (χ2n) is 2.35. The number of nitrogens with zero attached hydrogens (tertiary/aromatic N) is 1. The summed E-state index contributed by atoms with van der Waals surface area (Å²) in [7, 11) is 0. The number of ketones is 1. The number of nitrogens with one attached hydrogen (secondary N) is 1. The molecule has 0 atom stereocenters. The molecule has 0 aromatic carbocycles. The van der Waals surface area contributed by atoms with Crippen LogP contribution < -0.4 is 11.1 Å². The Morgan fingerprint density at radius 1 is 1.69 bits per heavy atom. The van der Waals surface area contributed by atoms with Gasteiger partial charge < -0.3 is 11.1 Å². The van der Waals surface area contributed by atoms with Gasteiger partial charge in [-0.1, -0.05) is 0 Å². The number of carbonyl (C=O) groups excluding carboxylic acids is 2. The molecule has 3 N–H and O–H groups in total. The summed E-state index contributed by atoms with van der Waals surface area (Å²) >= 11 is 1.20. The van der Waals surface area contributed by atoms with Crippen LogP contribution in [0.5, 0.6) is 0 Å². The highest BCUT2D eigenvalue weighted by atomic mass is 32.1. The van der Waals surface area contributed by atoms with Crippen molar-refractivity contribution >= 4 is 28.2 Å². The minimum absolute atomic E-state index is 0.0662. The highest BCUT2D eigenvalue weighted by molar-refractivity contribution is 7.14. The smallest absolute Gasteiger partial charge is 0.223 e. The van der Waals surface area contributed by atoms with Gasteiger partial charge >= 0.3 is 0 Å². The molecule has 0 saturated heterocycles. The maximum atomic E-state index is 11.0. The molecule has 1 aromatic rings. The molecule has 0 aliphatic rings. The highest BCUT2D eigenvalue weighted by Gasteiger charge is 2.08. The Balaban J connectivity index is 2.74. The van der Waals surface area contributed by atoms with E-state index < -0.39 is 0 Å². The van der Waals surface area contributed by atoms with Crippen LogP contribution in [0.25, 0.3) is 0 Å². The Morgan fingerprint density at radius 2 is 2.38 bits per heavy atom. The van der Waals surface area contributed by atoms with Gasteiger partial charge in [-0.3, -0.25) is 9.59 Å². The first-order chi connectivity index (χ1) is 6.13. The van der Waals surface area contributed by atoms with E-state index in [-0.39, 0.29) is 18.2 Å². The number of thiazole rings is 1. The molecule has 0 bridgehead atoms. The molecule has 1 amide bonds. The molecule has 70 valence electrons. The topological polar surface area (TPSA) is 85.1 Å². The van der Waals surface area contributed by atoms with Gasteiger partial charge in [0, 0.05) is 12.3 Å². The summed E-state index contributed by atoms with van der Waals surface area (Å²) in [6.45, 7) is 1.31. The van der Waals surface area contributed by atoms with Crippen LogP contribution in [-0.2, 0) is 4.79 Å². The van der Waals surface area contributed by atoms with Gasteiger partial charge in [0.15, 0.2) is 10.9 Å². The van der Waals surface area contributed by atoms with Crippen molar-refractivity contribution in [2.45, 2.75) is 6.92 Å². The quantitative estimate of drug-likeness (QED) is 0.683. The number of hydrogen-bond acceptors (Lipinski definition) is 5. The van der Waals surface area contributed by atoms with Crippen LogP contribution in [0.15, 0.2) is 5.38 Å². The minimum Gasteiger partial charge on any atom is -0.324 e. The van der Waals surface area contributed by atoms with E-state index in [1.165, 1.54) is 18.3 Å². The molecule has 0 aliphatic carbocycles. The average molecular weight is 199 g/mol. The second kappa shape index (κ2) is 4.11. The molecule has 1 heterocycles. The van der Waals surface area contributed by atoms with E-state index in [9.17, 15) is 9.59 Å². The lowest BCUT2D eigenvalue weighted by Gasteiger charge is -1.93. The van der Waals surface area contributed by atoms with Gasteiger partial charge in [0.25, 0.3) is 0 Å². The van der Waals surface area contributed by atoms with Crippen molar-refractivity contribution in [1.82, 2.24) is 4.98 Å². The zero-order valence-corrected chi connectivity index (χ0v) is 7.85. The Kier molecular flexibility index (Phi) is 3.10. The van der Waals surface area contributed by atoms with Crippen molar-refractivity contribution in [1.29, 1.82) is 0 Å². The largest absolute Gasteiger partial charge is 0.324 e. The van der Waals surface area contributed by atoms with Crippen LogP contribution in [0.4, 0.5) is 5.13 Å². The summed E-state index contributed by atoms with van der Waals surface area (Å²) in [5, 5.41) is 4.47. The second-order valence-corrected chi connectivity index (χ2v) is 3.20. The fourth-order valence-corrected chi connectivity index (χ4v) is 1.48. The summed E-state index contributed by atoms with van der Waals surface area (Å²) in [5.41, 5.74) is 5.44. The SMILES string of the molecule is CC(=O)Nc1nc(C(=O)CN)cs1. The third kappa shape index (κ3) is 2.60. The maximum absolute atomic E-state index is 11.0. The first kappa shape index (κ1) is 9.82. The Hall–Kier alpha value is -1.27. The van der Waals surface area contributed by atoms with Crippen molar-refractivity contribution in [3.63, 3.8) is 0 Å². The zero-order valence-electron chi connectivity index (χ0n) is 7.03. The van der Waals surface area contributed by atoms with E-state index in [4.69, 9.17) is 5.73 Å². The van der Waals surface area contributed by atoms with Crippen LogP contribution in [0.2, 0.25) is 0 Å². The molecule has 13 heavy (non-hydrogen) atoms. The van der Waals surface area contributed by atoms with Gasteiger partial charge in [-0.2, -0.15) is 0 Å². The molecular formula is C7H9N3O2S. The molecule has 6 heteroatoms. The van der Waals surface area contributed by atoms with E-state index >= 15 is 0 Å². The van der Waals surface area contributed by atoms with Crippen LogP contribution >= 0.6 is 11.3 Å². The standard InChI is InChI=1S/C7H9N3O2S/c1-4(11)9-7-10-5(3-13-7)6(12)2-8/h3H,2,8H2,1H3,(H,9,10,11). The number of nitrogens with two attached hydrogens (primary N) is 1. The predicted molar refractivity (Wildman–Crippen MR) is 49.8 cm³/mol. The number of aromatic nitrogens is 1. The van der Waals surface area contributed by atoms with Gasteiger partial charge in [-0.15, -0.1) is 11.3 Å². The third-order valence-electron chi connectivity index (χ3n) is 1.26. The van der Waals surface area contributed by atoms with Gasteiger partial charge in [0.1, 0.15) is 5.69 Å². The van der Waals surface area contributed by atoms with Gasteiger partial charge in [-0.25, -0.2) is 4.98 Å². The summed E-state index contributed by atoms with van der Waals surface area (Å²) < 4.78 is 0. The van der Waals surface area contributed by atoms with Crippen molar-refractivity contribution in [2.24, 2.45) is 5.73 Å². The summed E-state index contributed by atoms with van der Waals surface area (Å²) in [4.78, 5) is 25.5. The molecule has 5 nitrogen and oxygen atoms in total. The van der Waals surface area contributed by atoms with E-state index in [2.05, 4.69) is 10.3 Å².